The molecule has 58 heavy (non-hydrogen) atoms. The summed E-state index contributed by atoms with van der Waals surface area (Å²) in [7, 11) is 3.01. The number of methoxy groups -OCH3 is 2. The SMILES string of the molecule is COC[C@H]1C[C@@H](c2ncc(-c3ccc4c(c3)COc3cc5c(ccc6[nH]c([C@@H]7CC[C@H](C)N7C(O)[C@@H](NC(=O)OC)C(C)C)nc65)cc3-4)[nH]2)N(C(=O)OC(C)(C)C)C1. The van der Waals surface area contributed by atoms with Crippen molar-refractivity contribution in [1.29, 1.82) is 0 Å². The first-order valence-electron chi connectivity index (χ1n) is 20.3. The van der Waals surface area contributed by atoms with Crippen LogP contribution >= 0.6 is 0 Å². The Hall–Kier alpha value is -5.18. The Morgan fingerprint density at radius 3 is 2.59 bits per heavy atom. The number of aliphatic hydroxyl groups is 1. The van der Waals surface area contributed by atoms with E-state index in [-0.39, 0.29) is 36.1 Å². The number of nitrogens with one attached hydrogen (secondary N) is 3. The number of ether oxygens (including phenoxy) is 4. The van der Waals surface area contributed by atoms with Crippen molar-refractivity contribution in [3.63, 3.8) is 0 Å². The van der Waals surface area contributed by atoms with Gasteiger partial charge in [-0.05, 0) is 99.2 Å². The molecule has 14 heteroatoms. The van der Waals surface area contributed by atoms with Crippen molar-refractivity contribution in [2.45, 2.75) is 103 Å². The molecule has 2 fully saturated rings. The van der Waals surface area contributed by atoms with Crippen LogP contribution in [0.1, 0.15) is 90.1 Å². The summed E-state index contributed by atoms with van der Waals surface area (Å²) in [5.41, 5.74) is 6.17. The lowest BCUT2D eigenvalue weighted by Gasteiger charge is -2.38. The van der Waals surface area contributed by atoms with E-state index in [1.165, 1.54) is 7.11 Å². The third-order valence-electron chi connectivity index (χ3n) is 11.9. The number of H-pyrrole nitrogens is 2. The minimum absolute atomic E-state index is 0.0291. The Morgan fingerprint density at radius 2 is 1.84 bits per heavy atom. The number of aromatic amines is 2. The smallest absolute Gasteiger partial charge is 0.410 e. The molecule has 2 amide bonds. The molecule has 1 unspecified atom stereocenters. The minimum Gasteiger partial charge on any atom is -0.488 e. The summed E-state index contributed by atoms with van der Waals surface area (Å²) in [5.74, 6) is 2.45. The topological polar surface area (TPSA) is 167 Å². The summed E-state index contributed by atoms with van der Waals surface area (Å²) in [6, 6.07) is 14.0. The van der Waals surface area contributed by atoms with Gasteiger partial charge in [0.15, 0.2) is 0 Å². The molecule has 0 saturated carbocycles. The van der Waals surface area contributed by atoms with Crippen LogP contribution < -0.4 is 10.1 Å². The lowest BCUT2D eigenvalue weighted by atomic mass is 9.92. The number of carbonyl (C=O) groups excluding carboxylic acids is 2. The number of benzene rings is 3. The number of imidazole rings is 2. The maximum atomic E-state index is 13.2. The first-order chi connectivity index (χ1) is 27.7. The zero-order valence-electron chi connectivity index (χ0n) is 34.6. The maximum absolute atomic E-state index is 13.2. The maximum Gasteiger partial charge on any atom is 0.410 e. The molecule has 3 aliphatic rings. The highest BCUT2D eigenvalue weighted by atomic mass is 16.6. The molecule has 5 aromatic rings. The Labute approximate surface area is 338 Å². The van der Waals surface area contributed by atoms with Crippen molar-refractivity contribution < 1.29 is 33.6 Å². The number of nitrogens with zero attached hydrogens (tertiary/aromatic N) is 4. The van der Waals surface area contributed by atoms with E-state index in [9.17, 15) is 14.7 Å². The van der Waals surface area contributed by atoms with Gasteiger partial charge in [-0.25, -0.2) is 19.6 Å². The Morgan fingerprint density at radius 1 is 1.03 bits per heavy atom. The normalized spacial score (nSPS) is 21.9. The zero-order chi connectivity index (χ0) is 41.0. The summed E-state index contributed by atoms with van der Waals surface area (Å²) < 4.78 is 22.5. The summed E-state index contributed by atoms with van der Waals surface area (Å²) in [4.78, 5) is 46.2. The van der Waals surface area contributed by atoms with Crippen LogP contribution in [-0.4, -0.2) is 98.3 Å². The fraction of sp³-hybridized carbons (Fsp3) is 0.500. The van der Waals surface area contributed by atoms with Crippen molar-refractivity contribution in [2.75, 3.05) is 27.4 Å². The van der Waals surface area contributed by atoms with Crippen molar-refractivity contribution in [3.8, 4) is 28.1 Å². The third kappa shape index (κ3) is 7.48. The molecule has 2 saturated heterocycles. The number of alkyl carbamates (subject to hydrolysis) is 1. The summed E-state index contributed by atoms with van der Waals surface area (Å²) in [5, 5.41) is 16.5. The number of amides is 2. The molecule has 5 heterocycles. The van der Waals surface area contributed by atoms with E-state index < -0.39 is 24.0 Å². The van der Waals surface area contributed by atoms with Gasteiger partial charge in [-0.2, -0.15) is 0 Å². The average molecular weight is 794 g/mol. The molecule has 8 rings (SSSR count). The van der Waals surface area contributed by atoms with Crippen molar-refractivity contribution in [3.05, 3.63) is 65.9 Å². The summed E-state index contributed by atoms with van der Waals surface area (Å²) >= 11 is 0. The molecule has 0 spiro atoms. The predicted octanol–water partition coefficient (Wildman–Crippen LogP) is 7.83. The van der Waals surface area contributed by atoms with Crippen LogP contribution in [0.4, 0.5) is 9.59 Å². The lowest BCUT2D eigenvalue weighted by Crippen LogP contribution is -2.55. The van der Waals surface area contributed by atoms with E-state index in [0.29, 0.717) is 19.8 Å². The van der Waals surface area contributed by atoms with E-state index in [0.717, 1.165) is 86.4 Å². The molecule has 0 aliphatic carbocycles. The highest BCUT2D eigenvalue weighted by Gasteiger charge is 2.43. The van der Waals surface area contributed by atoms with Gasteiger partial charge in [-0.1, -0.05) is 32.0 Å². The van der Waals surface area contributed by atoms with Gasteiger partial charge < -0.3 is 39.3 Å². The van der Waals surface area contributed by atoms with Crippen LogP contribution in [0.2, 0.25) is 0 Å². The molecule has 2 aromatic heterocycles. The van der Waals surface area contributed by atoms with Crippen LogP contribution in [0.3, 0.4) is 0 Å². The van der Waals surface area contributed by atoms with E-state index in [2.05, 4.69) is 69.6 Å². The molecule has 0 radical (unpaired) electrons. The third-order valence-corrected chi connectivity index (χ3v) is 11.9. The Balaban J connectivity index is 1.05. The Bertz CT molecular complexity index is 2330. The highest BCUT2D eigenvalue weighted by Crippen LogP contribution is 2.44. The van der Waals surface area contributed by atoms with Crippen LogP contribution in [0.5, 0.6) is 5.75 Å². The van der Waals surface area contributed by atoms with Gasteiger partial charge in [0.05, 0.1) is 54.8 Å². The van der Waals surface area contributed by atoms with E-state index >= 15 is 0 Å². The highest BCUT2D eigenvalue weighted by molar-refractivity contribution is 6.07. The number of hydrogen-bond donors (Lipinski definition) is 4. The van der Waals surface area contributed by atoms with E-state index in [1.54, 1.807) is 12.0 Å². The Kier molecular flexibility index (Phi) is 10.6. The summed E-state index contributed by atoms with van der Waals surface area (Å²) in [6.07, 6.45) is 2.41. The molecule has 3 aromatic carbocycles. The molecule has 0 bridgehead atoms. The fourth-order valence-corrected chi connectivity index (χ4v) is 9.04. The van der Waals surface area contributed by atoms with Gasteiger partial charge in [0.25, 0.3) is 0 Å². The molecule has 308 valence electrons. The summed E-state index contributed by atoms with van der Waals surface area (Å²) in [6.45, 7) is 13.2. The van der Waals surface area contributed by atoms with Gasteiger partial charge in [0, 0.05) is 36.6 Å². The molecule has 4 N–H and O–H groups in total. The van der Waals surface area contributed by atoms with E-state index in [1.807, 2.05) is 40.8 Å². The number of likely N-dealkylation sites (tertiary alicyclic amines) is 2. The van der Waals surface area contributed by atoms with Crippen molar-refractivity contribution in [1.82, 2.24) is 35.1 Å². The van der Waals surface area contributed by atoms with Crippen LogP contribution in [-0.2, 0) is 20.8 Å². The van der Waals surface area contributed by atoms with Crippen molar-refractivity contribution >= 4 is 34.0 Å². The number of rotatable bonds is 9. The van der Waals surface area contributed by atoms with Crippen molar-refractivity contribution in [2.24, 2.45) is 11.8 Å². The quantitative estimate of drug-likeness (QED) is 0.116. The lowest BCUT2D eigenvalue weighted by molar-refractivity contribution is -0.0613. The second kappa shape index (κ2) is 15.5. The fourth-order valence-electron chi connectivity index (χ4n) is 9.04. The molecular formula is C44H55N7O7. The molecule has 3 aliphatic heterocycles. The minimum atomic E-state index is -0.932. The van der Waals surface area contributed by atoms with E-state index in [4.69, 9.17) is 28.9 Å². The van der Waals surface area contributed by atoms with Crippen LogP contribution in [0.15, 0.2) is 48.7 Å². The zero-order valence-corrected chi connectivity index (χ0v) is 34.6. The number of aromatic nitrogens is 4. The average Bonchev–Trinajstić information content (AvgIpc) is 4.00. The molecular weight excluding hydrogens is 739 g/mol. The standard InChI is InChI=1S/C44H55N7O7/c1-23(2)37(49-42(53)56-8)41(52)51-24(3)9-14-34(51)40-46-32-13-11-26-17-31-29-12-10-27(16-28(29)22-57-36(31)18-30(26)38(32)48-40)33-19-45-39(47-33)35-15-25(21-55-7)20-50(35)43(54)58-44(4,5)6/h10-13,16-19,23-25,34-35,37,41,52H,9,14-15,20-22H2,1-8H3,(H,45,47)(H,46,48)(H,49,53)/t24-,25-,34-,35-,37-,41?/m0/s1. The second-order valence-corrected chi connectivity index (χ2v) is 17.4. The van der Waals surface area contributed by atoms with Gasteiger partial charge in [-0.15, -0.1) is 0 Å². The largest absolute Gasteiger partial charge is 0.488 e. The van der Waals surface area contributed by atoms with Crippen LogP contribution in [0, 0.1) is 11.8 Å². The van der Waals surface area contributed by atoms with Gasteiger partial charge in [0.1, 0.15) is 35.8 Å². The molecule has 14 nitrogen and oxygen atoms in total. The number of hydrogen-bond acceptors (Lipinski definition) is 10. The second-order valence-electron chi connectivity index (χ2n) is 17.4. The first-order valence-corrected chi connectivity index (χ1v) is 20.3. The monoisotopic (exact) mass is 793 g/mol. The number of carbonyl (C=O) groups is 2. The number of aliphatic hydroxyl groups excluding tert-OH is 1. The molecule has 6 atom stereocenters. The first kappa shape index (κ1) is 39.6. The predicted molar refractivity (Wildman–Crippen MR) is 220 cm³/mol. The van der Waals surface area contributed by atoms with Crippen LogP contribution in [0.25, 0.3) is 44.2 Å². The van der Waals surface area contributed by atoms with Gasteiger partial charge in [-0.3, -0.25) is 9.80 Å². The number of fused-ring (bicyclic) bond motifs is 6. The van der Waals surface area contributed by atoms with Gasteiger partial charge >= 0.3 is 12.2 Å². The van der Waals surface area contributed by atoms with Gasteiger partial charge in [0.2, 0.25) is 0 Å².